The Bertz CT molecular complexity index is 687. The van der Waals surface area contributed by atoms with E-state index in [1.165, 1.54) is 12.8 Å². The van der Waals surface area contributed by atoms with E-state index in [0.717, 1.165) is 36.3 Å². The standard InChI is InChI=1S/C16H20ClN5O/c1-23-9-15-19-16(21-20-15)12-8-22(7-11(12)10-2-3-10)14-4-5-18-6-13(14)17/h4-6,10-12H,2-3,7-9H2,1H3,(H,19,20,21)/t11-,12+/m1/s1. The molecular formula is C16H20ClN5O. The Labute approximate surface area is 140 Å². The van der Waals surface area contributed by atoms with Crippen molar-refractivity contribution in [1.82, 2.24) is 20.2 Å². The third-order valence-electron chi connectivity index (χ3n) is 4.85. The second-order valence-corrected chi connectivity index (χ2v) is 6.82. The molecule has 2 aliphatic rings. The molecular weight excluding hydrogens is 314 g/mol. The van der Waals surface area contributed by atoms with Crippen molar-refractivity contribution in [3.05, 3.63) is 35.1 Å². The molecule has 122 valence electrons. The highest BCUT2D eigenvalue weighted by Crippen LogP contribution is 2.48. The minimum absolute atomic E-state index is 0.341. The van der Waals surface area contributed by atoms with Gasteiger partial charge in [0.2, 0.25) is 0 Å². The van der Waals surface area contributed by atoms with Crippen LogP contribution in [0.1, 0.15) is 30.4 Å². The number of methoxy groups -OCH3 is 1. The van der Waals surface area contributed by atoms with Crippen molar-refractivity contribution in [2.24, 2.45) is 11.8 Å². The molecule has 1 saturated carbocycles. The molecule has 0 radical (unpaired) electrons. The summed E-state index contributed by atoms with van der Waals surface area (Å²) in [5.74, 6) is 3.41. The molecule has 3 heterocycles. The summed E-state index contributed by atoms with van der Waals surface area (Å²) in [7, 11) is 1.66. The molecule has 1 N–H and O–H groups in total. The predicted octanol–water partition coefficient (Wildman–Crippen LogP) is 2.63. The molecule has 4 rings (SSSR count). The minimum Gasteiger partial charge on any atom is -0.377 e. The lowest BCUT2D eigenvalue weighted by molar-refractivity contribution is 0.178. The third-order valence-corrected chi connectivity index (χ3v) is 5.14. The van der Waals surface area contributed by atoms with Gasteiger partial charge in [-0.15, -0.1) is 0 Å². The number of aromatic nitrogens is 4. The van der Waals surface area contributed by atoms with Crippen LogP contribution < -0.4 is 4.90 Å². The van der Waals surface area contributed by atoms with E-state index in [9.17, 15) is 0 Å². The molecule has 0 bridgehead atoms. The van der Waals surface area contributed by atoms with Crippen molar-refractivity contribution < 1.29 is 4.74 Å². The van der Waals surface area contributed by atoms with Gasteiger partial charge >= 0.3 is 0 Å². The summed E-state index contributed by atoms with van der Waals surface area (Å²) in [6, 6.07) is 1.99. The summed E-state index contributed by atoms with van der Waals surface area (Å²) in [5, 5.41) is 8.13. The van der Waals surface area contributed by atoms with E-state index < -0.39 is 0 Å². The number of ether oxygens (including phenoxy) is 1. The van der Waals surface area contributed by atoms with Crippen LogP contribution in [0.4, 0.5) is 5.69 Å². The highest BCUT2D eigenvalue weighted by Gasteiger charge is 2.45. The number of aromatic amines is 1. The zero-order valence-electron chi connectivity index (χ0n) is 13.1. The van der Waals surface area contributed by atoms with Gasteiger partial charge in [-0.2, -0.15) is 5.10 Å². The van der Waals surface area contributed by atoms with Gasteiger partial charge in [-0.1, -0.05) is 11.6 Å². The Kier molecular flexibility index (Phi) is 3.95. The monoisotopic (exact) mass is 333 g/mol. The second-order valence-electron chi connectivity index (χ2n) is 6.41. The van der Waals surface area contributed by atoms with Crippen LogP contribution in [-0.4, -0.2) is 40.4 Å². The van der Waals surface area contributed by atoms with Crippen LogP contribution in [0, 0.1) is 11.8 Å². The van der Waals surface area contributed by atoms with Crippen molar-refractivity contribution in [3.8, 4) is 0 Å². The van der Waals surface area contributed by atoms with E-state index >= 15 is 0 Å². The lowest BCUT2D eigenvalue weighted by atomic mass is 9.91. The molecule has 0 amide bonds. The molecule has 7 heteroatoms. The highest BCUT2D eigenvalue weighted by atomic mass is 35.5. The van der Waals surface area contributed by atoms with Crippen LogP contribution >= 0.6 is 11.6 Å². The zero-order chi connectivity index (χ0) is 15.8. The van der Waals surface area contributed by atoms with E-state index in [0.29, 0.717) is 23.5 Å². The summed E-state index contributed by atoms with van der Waals surface area (Å²) in [4.78, 5) is 11.1. The first-order valence-electron chi connectivity index (χ1n) is 8.01. The van der Waals surface area contributed by atoms with E-state index in [4.69, 9.17) is 16.3 Å². The molecule has 6 nitrogen and oxygen atoms in total. The first-order valence-corrected chi connectivity index (χ1v) is 8.38. The Morgan fingerprint density at radius 1 is 1.39 bits per heavy atom. The van der Waals surface area contributed by atoms with Gasteiger partial charge < -0.3 is 9.64 Å². The molecule has 2 aromatic rings. The normalized spacial score (nSPS) is 24.3. The fraction of sp³-hybridized carbons (Fsp3) is 0.562. The van der Waals surface area contributed by atoms with Gasteiger partial charge in [-0.05, 0) is 30.7 Å². The summed E-state index contributed by atoms with van der Waals surface area (Å²) in [6.07, 6.45) is 6.13. The van der Waals surface area contributed by atoms with Gasteiger partial charge in [-0.25, -0.2) is 4.98 Å². The highest BCUT2D eigenvalue weighted by molar-refractivity contribution is 6.33. The van der Waals surface area contributed by atoms with Gasteiger partial charge in [0, 0.05) is 38.5 Å². The summed E-state index contributed by atoms with van der Waals surface area (Å²) < 4.78 is 5.13. The third kappa shape index (κ3) is 2.93. The number of pyridine rings is 1. The lowest BCUT2D eigenvalue weighted by Gasteiger charge is -2.19. The Hall–Kier alpha value is -1.66. The molecule has 0 unspecified atom stereocenters. The van der Waals surface area contributed by atoms with Crippen LogP contribution in [0.5, 0.6) is 0 Å². The topological polar surface area (TPSA) is 66.9 Å². The molecule has 2 atom stereocenters. The van der Waals surface area contributed by atoms with Crippen molar-refractivity contribution in [1.29, 1.82) is 0 Å². The van der Waals surface area contributed by atoms with Gasteiger partial charge in [0.05, 0.1) is 10.7 Å². The minimum atomic E-state index is 0.341. The number of anilines is 1. The first kappa shape index (κ1) is 14.9. The summed E-state index contributed by atoms with van der Waals surface area (Å²) in [5.41, 5.74) is 1.06. The number of rotatable bonds is 5. The van der Waals surface area contributed by atoms with Crippen LogP contribution in [-0.2, 0) is 11.3 Å². The first-order chi connectivity index (χ1) is 11.3. The van der Waals surface area contributed by atoms with E-state index in [2.05, 4.69) is 25.1 Å². The van der Waals surface area contributed by atoms with Crippen molar-refractivity contribution in [3.63, 3.8) is 0 Å². The largest absolute Gasteiger partial charge is 0.377 e. The maximum atomic E-state index is 6.33. The average molecular weight is 334 g/mol. The molecule has 1 saturated heterocycles. The van der Waals surface area contributed by atoms with Crippen molar-refractivity contribution in [2.75, 3.05) is 25.1 Å². The van der Waals surface area contributed by atoms with Gasteiger partial charge in [0.1, 0.15) is 6.61 Å². The van der Waals surface area contributed by atoms with Gasteiger partial charge in [-0.3, -0.25) is 10.1 Å². The predicted molar refractivity (Wildman–Crippen MR) is 87.5 cm³/mol. The number of nitrogens with zero attached hydrogens (tertiary/aromatic N) is 4. The maximum absolute atomic E-state index is 6.33. The van der Waals surface area contributed by atoms with E-state index in [1.54, 1.807) is 19.5 Å². The summed E-state index contributed by atoms with van der Waals surface area (Å²) in [6.45, 7) is 2.37. The Morgan fingerprint density at radius 3 is 3.00 bits per heavy atom. The molecule has 1 aliphatic heterocycles. The van der Waals surface area contributed by atoms with E-state index in [1.807, 2.05) is 6.07 Å². The van der Waals surface area contributed by atoms with Gasteiger partial charge in [0.15, 0.2) is 11.6 Å². The second kappa shape index (κ2) is 6.09. The molecule has 0 spiro atoms. The van der Waals surface area contributed by atoms with Crippen LogP contribution in [0.25, 0.3) is 0 Å². The lowest BCUT2D eigenvalue weighted by Crippen LogP contribution is -2.20. The zero-order valence-corrected chi connectivity index (χ0v) is 13.8. The summed E-state index contributed by atoms with van der Waals surface area (Å²) >= 11 is 6.33. The fourth-order valence-corrected chi connectivity index (χ4v) is 3.84. The Morgan fingerprint density at radius 2 is 2.26 bits per heavy atom. The van der Waals surface area contributed by atoms with Crippen LogP contribution in [0.2, 0.25) is 5.02 Å². The number of hydrogen-bond donors (Lipinski definition) is 1. The number of halogens is 1. The number of H-pyrrole nitrogens is 1. The smallest absolute Gasteiger partial charge is 0.156 e. The van der Waals surface area contributed by atoms with Crippen molar-refractivity contribution >= 4 is 17.3 Å². The molecule has 2 fully saturated rings. The molecule has 23 heavy (non-hydrogen) atoms. The average Bonchev–Trinajstić information content (AvgIpc) is 3.13. The molecule has 2 aromatic heterocycles. The number of hydrogen-bond acceptors (Lipinski definition) is 5. The fourth-order valence-electron chi connectivity index (χ4n) is 3.60. The molecule has 1 aliphatic carbocycles. The van der Waals surface area contributed by atoms with Crippen LogP contribution in [0.3, 0.4) is 0 Å². The quantitative estimate of drug-likeness (QED) is 0.911. The van der Waals surface area contributed by atoms with Crippen LogP contribution in [0.15, 0.2) is 18.5 Å². The number of nitrogens with one attached hydrogen (secondary N) is 1. The van der Waals surface area contributed by atoms with Crippen molar-refractivity contribution in [2.45, 2.75) is 25.4 Å². The SMILES string of the molecule is COCc1nc([C@H]2CN(c3ccncc3Cl)C[C@@H]2C2CC2)n[nH]1. The Balaban J connectivity index is 1.59. The molecule has 0 aromatic carbocycles. The van der Waals surface area contributed by atoms with Gasteiger partial charge in [0.25, 0.3) is 0 Å². The maximum Gasteiger partial charge on any atom is 0.156 e. The van der Waals surface area contributed by atoms with E-state index in [-0.39, 0.29) is 0 Å².